The number of unbranched alkanes of at least 4 members (excludes halogenated alkanes) is 27. The Kier molecular flexibility index (Phi) is 46.9. The number of esters is 3. The van der Waals surface area contributed by atoms with Gasteiger partial charge in [0.25, 0.3) is 0 Å². The van der Waals surface area contributed by atoms with Crippen molar-refractivity contribution in [1.29, 1.82) is 0 Å². The number of hydrogen-bond donors (Lipinski definition) is 0. The fourth-order valence-corrected chi connectivity index (χ4v) is 7.26. The summed E-state index contributed by atoms with van der Waals surface area (Å²) >= 11 is 0. The van der Waals surface area contributed by atoms with Gasteiger partial charge in [0.2, 0.25) is 0 Å². The summed E-state index contributed by atoms with van der Waals surface area (Å²) < 4.78 is 16.7. The first kappa shape index (κ1) is 57.4. The first-order valence-electron chi connectivity index (χ1n) is 25.6. The highest BCUT2D eigenvalue weighted by Gasteiger charge is 2.19. The summed E-state index contributed by atoms with van der Waals surface area (Å²) in [7, 11) is 0. The number of hydrogen-bond acceptors (Lipinski definition) is 6. The second-order valence-electron chi connectivity index (χ2n) is 17.1. The van der Waals surface area contributed by atoms with Gasteiger partial charge in [-0.25, -0.2) is 0 Å². The van der Waals surface area contributed by atoms with Crippen molar-refractivity contribution in [2.75, 3.05) is 13.2 Å². The van der Waals surface area contributed by atoms with E-state index in [1.54, 1.807) is 0 Å². The second kappa shape index (κ2) is 49.0. The summed E-state index contributed by atoms with van der Waals surface area (Å²) in [4.78, 5) is 37.6. The highest BCUT2D eigenvalue weighted by atomic mass is 16.6. The molecule has 0 amide bonds. The van der Waals surface area contributed by atoms with Crippen LogP contribution in [0.5, 0.6) is 0 Å². The van der Waals surface area contributed by atoms with Crippen molar-refractivity contribution in [3.05, 3.63) is 48.6 Å². The van der Waals surface area contributed by atoms with Gasteiger partial charge in [0, 0.05) is 19.3 Å². The molecule has 0 bridgehead atoms. The van der Waals surface area contributed by atoms with Gasteiger partial charge in [-0.05, 0) is 57.8 Å². The zero-order chi connectivity index (χ0) is 43.7. The van der Waals surface area contributed by atoms with Crippen LogP contribution in [0, 0.1) is 0 Å². The molecular formula is C54H96O6. The average Bonchev–Trinajstić information content (AvgIpc) is 3.24. The van der Waals surface area contributed by atoms with Crippen molar-refractivity contribution >= 4 is 17.9 Å². The van der Waals surface area contributed by atoms with E-state index in [1.807, 2.05) is 0 Å². The Morgan fingerprint density at radius 3 is 1.02 bits per heavy atom. The Labute approximate surface area is 371 Å². The van der Waals surface area contributed by atoms with E-state index >= 15 is 0 Å². The number of carbonyl (C=O) groups excluding carboxylic acids is 3. The van der Waals surface area contributed by atoms with Crippen LogP contribution >= 0.6 is 0 Å². The largest absolute Gasteiger partial charge is 0.462 e. The van der Waals surface area contributed by atoms with Crippen molar-refractivity contribution in [3.63, 3.8) is 0 Å². The van der Waals surface area contributed by atoms with Gasteiger partial charge in [-0.2, -0.15) is 0 Å². The van der Waals surface area contributed by atoms with Crippen LogP contribution in [-0.2, 0) is 28.6 Å². The predicted molar refractivity (Wildman–Crippen MR) is 256 cm³/mol. The molecule has 0 fully saturated rings. The van der Waals surface area contributed by atoms with Crippen LogP contribution < -0.4 is 0 Å². The number of carbonyl (C=O) groups is 3. The second-order valence-corrected chi connectivity index (χ2v) is 17.1. The van der Waals surface area contributed by atoms with Gasteiger partial charge in [-0.1, -0.05) is 230 Å². The van der Waals surface area contributed by atoms with E-state index in [0.717, 1.165) is 89.9 Å². The van der Waals surface area contributed by atoms with Gasteiger partial charge in [0.05, 0.1) is 0 Å². The molecule has 0 radical (unpaired) electrons. The van der Waals surface area contributed by atoms with Gasteiger partial charge in [0.1, 0.15) is 13.2 Å². The molecule has 6 nitrogen and oxygen atoms in total. The summed E-state index contributed by atoms with van der Waals surface area (Å²) in [6.07, 6.45) is 58.5. The van der Waals surface area contributed by atoms with E-state index in [4.69, 9.17) is 14.2 Å². The number of ether oxygens (including phenoxy) is 3. The molecule has 1 atom stereocenters. The van der Waals surface area contributed by atoms with E-state index < -0.39 is 6.10 Å². The number of allylic oxidation sites excluding steroid dienone is 8. The van der Waals surface area contributed by atoms with Crippen molar-refractivity contribution in [2.24, 2.45) is 0 Å². The molecule has 0 saturated carbocycles. The first-order valence-corrected chi connectivity index (χ1v) is 25.6. The maximum atomic E-state index is 12.7. The van der Waals surface area contributed by atoms with Gasteiger partial charge in [0.15, 0.2) is 6.10 Å². The molecule has 60 heavy (non-hydrogen) atoms. The molecule has 0 rings (SSSR count). The minimum absolute atomic E-state index is 0.0726. The average molecular weight is 841 g/mol. The molecule has 0 heterocycles. The molecule has 0 N–H and O–H groups in total. The predicted octanol–water partition coefficient (Wildman–Crippen LogP) is 16.7. The first-order chi connectivity index (χ1) is 29.5. The van der Waals surface area contributed by atoms with Crippen molar-refractivity contribution in [2.45, 2.75) is 264 Å². The molecule has 0 aliphatic rings. The lowest BCUT2D eigenvalue weighted by Crippen LogP contribution is -2.30. The summed E-state index contributed by atoms with van der Waals surface area (Å²) in [6.45, 7) is 6.45. The van der Waals surface area contributed by atoms with E-state index in [1.165, 1.54) is 128 Å². The lowest BCUT2D eigenvalue weighted by atomic mass is 10.0. The Balaban J connectivity index is 4.10. The van der Waals surface area contributed by atoms with Gasteiger partial charge >= 0.3 is 17.9 Å². The lowest BCUT2D eigenvalue weighted by molar-refractivity contribution is -0.167. The summed E-state index contributed by atoms with van der Waals surface area (Å²) in [5, 5.41) is 0. The van der Waals surface area contributed by atoms with E-state index in [9.17, 15) is 14.4 Å². The van der Waals surface area contributed by atoms with E-state index in [-0.39, 0.29) is 31.1 Å². The quantitative estimate of drug-likeness (QED) is 0.0263. The molecule has 0 aromatic rings. The van der Waals surface area contributed by atoms with Crippen molar-refractivity contribution < 1.29 is 28.6 Å². The maximum absolute atomic E-state index is 12.7. The fraction of sp³-hybridized carbons (Fsp3) is 0.796. The molecular weight excluding hydrogens is 745 g/mol. The molecule has 0 aromatic heterocycles. The Hall–Kier alpha value is -2.63. The van der Waals surface area contributed by atoms with Crippen LogP contribution in [0.15, 0.2) is 48.6 Å². The molecule has 0 saturated heterocycles. The van der Waals surface area contributed by atoms with Crippen LogP contribution in [-0.4, -0.2) is 37.2 Å². The summed E-state index contributed by atoms with van der Waals surface area (Å²) in [5.74, 6) is -0.883. The minimum Gasteiger partial charge on any atom is -0.462 e. The smallest absolute Gasteiger partial charge is 0.306 e. The highest BCUT2D eigenvalue weighted by molar-refractivity contribution is 5.71. The molecule has 0 aliphatic carbocycles. The third-order valence-corrected chi connectivity index (χ3v) is 11.1. The Morgan fingerprint density at radius 1 is 0.350 bits per heavy atom. The summed E-state index contributed by atoms with van der Waals surface area (Å²) in [6, 6.07) is 0. The normalized spacial score (nSPS) is 12.4. The monoisotopic (exact) mass is 841 g/mol. The maximum Gasteiger partial charge on any atom is 0.306 e. The van der Waals surface area contributed by atoms with Crippen LogP contribution in [0.2, 0.25) is 0 Å². The highest BCUT2D eigenvalue weighted by Crippen LogP contribution is 2.16. The molecule has 348 valence electrons. The molecule has 1 unspecified atom stereocenters. The zero-order valence-corrected chi connectivity index (χ0v) is 39.7. The van der Waals surface area contributed by atoms with Crippen molar-refractivity contribution in [1.82, 2.24) is 0 Å². The minimum atomic E-state index is -0.767. The third-order valence-electron chi connectivity index (χ3n) is 11.1. The van der Waals surface area contributed by atoms with Crippen LogP contribution in [0.1, 0.15) is 258 Å². The Bertz CT molecular complexity index is 1060. The lowest BCUT2D eigenvalue weighted by Gasteiger charge is -2.18. The van der Waals surface area contributed by atoms with Crippen LogP contribution in [0.25, 0.3) is 0 Å². The van der Waals surface area contributed by atoms with Crippen LogP contribution in [0.4, 0.5) is 0 Å². The molecule has 6 heteroatoms. The zero-order valence-electron chi connectivity index (χ0n) is 39.7. The standard InChI is InChI=1S/C54H96O6/c1-4-7-10-13-15-17-19-21-23-24-25-26-27-28-29-30-31-33-34-36-38-41-44-47-53(56)59-50-51(49-58-52(55)46-43-40-12-9-6-3)60-54(57)48-45-42-39-37-35-32-22-20-18-16-14-11-8-5-2/h7,10,15,17,21,23,25-26,51H,4-6,8-9,11-14,16,18-20,22,24,27-50H2,1-3H3/b10-7-,17-15-,23-21-,26-25-. The van der Waals surface area contributed by atoms with Gasteiger partial charge < -0.3 is 14.2 Å². The summed E-state index contributed by atoms with van der Waals surface area (Å²) in [5.41, 5.74) is 0. The molecule has 0 spiro atoms. The van der Waals surface area contributed by atoms with Crippen molar-refractivity contribution in [3.8, 4) is 0 Å². The molecule has 0 aliphatic heterocycles. The number of rotatable bonds is 46. The topological polar surface area (TPSA) is 78.9 Å². The Morgan fingerprint density at radius 2 is 0.650 bits per heavy atom. The van der Waals surface area contributed by atoms with E-state index in [2.05, 4.69) is 69.4 Å². The van der Waals surface area contributed by atoms with E-state index in [0.29, 0.717) is 19.3 Å². The van der Waals surface area contributed by atoms with Gasteiger partial charge in [-0.3, -0.25) is 14.4 Å². The molecule has 0 aromatic carbocycles. The fourth-order valence-electron chi connectivity index (χ4n) is 7.26. The van der Waals surface area contributed by atoms with Crippen LogP contribution in [0.3, 0.4) is 0 Å². The SMILES string of the molecule is CC/C=C\C/C=C\C/C=C\C/C=C\CCCCCCCCCCCCC(=O)OCC(COC(=O)CCCCCCC)OC(=O)CCCCCCCCCCCCCCCC. The van der Waals surface area contributed by atoms with Gasteiger partial charge in [-0.15, -0.1) is 0 Å². The third kappa shape index (κ3) is 46.4.